The standard InChI is InChI=1S/C19H18Cl2N2.HNO3/c1-14-4-2-3-5-18(14)16(12-23-9-8-22-13-23)10-15-6-7-17(20)11-19(15)21;2-1(3)4/h2-9,11,13,16H,10,12H2,1H3;(H,2,3,4). The largest absolute Gasteiger partial charge is 0.337 e. The summed E-state index contributed by atoms with van der Waals surface area (Å²) in [5, 5.41) is 15.0. The molecule has 6 nitrogen and oxygen atoms in total. The molecule has 1 atom stereocenters. The van der Waals surface area contributed by atoms with E-state index >= 15 is 0 Å². The van der Waals surface area contributed by atoms with Gasteiger partial charge in [-0.2, -0.15) is 0 Å². The van der Waals surface area contributed by atoms with E-state index in [-0.39, 0.29) is 0 Å². The molecule has 0 bridgehead atoms. The molecule has 2 aromatic carbocycles. The summed E-state index contributed by atoms with van der Waals surface area (Å²) in [5.41, 5.74) is 3.75. The number of nitrogens with zero attached hydrogens (tertiary/aromatic N) is 3. The molecule has 0 saturated heterocycles. The van der Waals surface area contributed by atoms with Crippen molar-refractivity contribution in [2.75, 3.05) is 0 Å². The van der Waals surface area contributed by atoms with Crippen LogP contribution in [0.25, 0.3) is 0 Å². The number of hydrogen-bond acceptors (Lipinski definition) is 3. The molecular weight excluding hydrogens is 389 g/mol. The second-order valence-corrected chi connectivity index (χ2v) is 6.83. The number of rotatable bonds is 5. The third-order valence-corrected chi connectivity index (χ3v) is 4.69. The molecule has 142 valence electrons. The van der Waals surface area contributed by atoms with Crippen LogP contribution >= 0.6 is 23.2 Å². The molecular formula is C19H19Cl2N3O3. The maximum absolute atomic E-state index is 8.36. The van der Waals surface area contributed by atoms with Crippen LogP contribution in [0.2, 0.25) is 10.0 Å². The van der Waals surface area contributed by atoms with Crippen LogP contribution < -0.4 is 0 Å². The van der Waals surface area contributed by atoms with Gasteiger partial charge in [0.25, 0.3) is 5.09 Å². The average Bonchev–Trinajstić information content (AvgIpc) is 3.10. The molecule has 1 aromatic heterocycles. The minimum Gasteiger partial charge on any atom is -0.337 e. The van der Waals surface area contributed by atoms with Crippen LogP contribution in [0, 0.1) is 17.0 Å². The fourth-order valence-corrected chi connectivity index (χ4v) is 3.41. The van der Waals surface area contributed by atoms with Crippen molar-refractivity contribution >= 4 is 23.2 Å². The van der Waals surface area contributed by atoms with Crippen LogP contribution in [0.5, 0.6) is 0 Å². The third kappa shape index (κ3) is 6.58. The topological polar surface area (TPSA) is 81.2 Å². The number of halogens is 2. The van der Waals surface area contributed by atoms with Crippen molar-refractivity contribution < 1.29 is 10.3 Å². The van der Waals surface area contributed by atoms with Crippen LogP contribution in [-0.4, -0.2) is 19.8 Å². The summed E-state index contributed by atoms with van der Waals surface area (Å²) in [6.07, 6.45) is 6.52. The van der Waals surface area contributed by atoms with Gasteiger partial charge in [-0.25, -0.2) is 4.98 Å². The van der Waals surface area contributed by atoms with Crippen LogP contribution in [0.3, 0.4) is 0 Å². The molecule has 3 rings (SSSR count). The minimum atomic E-state index is -1.50. The molecule has 1 heterocycles. The molecule has 0 aliphatic rings. The summed E-state index contributed by atoms with van der Waals surface area (Å²) in [6, 6.07) is 14.2. The highest BCUT2D eigenvalue weighted by Crippen LogP contribution is 2.30. The molecule has 8 heteroatoms. The Labute approximate surface area is 167 Å². The maximum atomic E-state index is 8.36. The zero-order valence-electron chi connectivity index (χ0n) is 14.6. The monoisotopic (exact) mass is 407 g/mol. The smallest absolute Gasteiger partial charge is 0.291 e. The van der Waals surface area contributed by atoms with Crippen molar-refractivity contribution in [3.63, 3.8) is 0 Å². The lowest BCUT2D eigenvalue weighted by Gasteiger charge is -2.21. The lowest BCUT2D eigenvalue weighted by Crippen LogP contribution is -2.12. The Morgan fingerprint density at radius 3 is 2.56 bits per heavy atom. The van der Waals surface area contributed by atoms with Gasteiger partial charge in [0.2, 0.25) is 0 Å². The van der Waals surface area contributed by atoms with Gasteiger partial charge in [0.15, 0.2) is 0 Å². The first-order chi connectivity index (χ1) is 12.9. The third-order valence-electron chi connectivity index (χ3n) is 4.10. The van der Waals surface area contributed by atoms with Crippen molar-refractivity contribution in [3.05, 3.63) is 98.0 Å². The van der Waals surface area contributed by atoms with Crippen LogP contribution in [0.15, 0.2) is 61.2 Å². The zero-order chi connectivity index (χ0) is 19.8. The van der Waals surface area contributed by atoms with Gasteiger partial charge in [-0.15, -0.1) is 10.1 Å². The molecule has 0 saturated carbocycles. The quantitative estimate of drug-likeness (QED) is 0.466. The van der Waals surface area contributed by atoms with E-state index in [1.807, 2.05) is 36.9 Å². The number of aromatic nitrogens is 2. The minimum absolute atomic E-state index is 0.323. The fourth-order valence-electron chi connectivity index (χ4n) is 2.92. The molecule has 1 unspecified atom stereocenters. The van der Waals surface area contributed by atoms with E-state index in [1.165, 1.54) is 11.1 Å². The molecule has 0 aliphatic heterocycles. The predicted octanol–water partition coefficient (Wildman–Crippen LogP) is 5.18. The van der Waals surface area contributed by atoms with Crippen LogP contribution in [-0.2, 0) is 13.0 Å². The highest BCUT2D eigenvalue weighted by molar-refractivity contribution is 6.35. The summed E-state index contributed by atoms with van der Waals surface area (Å²) in [7, 11) is 0. The Morgan fingerprint density at radius 1 is 1.26 bits per heavy atom. The van der Waals surface area contributed by atoms with Crippen LogP contribution in [0.4, 0.5) is 0 Å². The second-order valence-electron chi connectivity index (χ2n) is 5.99. The van der Waals surface area contributed by atoms with Gasteiger partial charge in [0, 0.05) is 34.9 Å². The van der Waals surface area contributed by atoms with Crippen molar-refractivity contribution in [3.8, 4) is 0 Å². The normalized spacial score (nSPS) is 11.4. The SMILES string of the molecule is Cc1ccccc1C(Cc1ccc(Cl)cc1Cl)Cn1ccnc1.O=[N+]([O-])O. The van der Waals surface area contributed by atoms with Crippen molar-refractivity contribution in [2.45, 2.75) is 25.8 Å². The Morgan fingerprint density at radius 2 is 1.96 bits per heavy atom. The second kappa shape index (κ2) is 9.94. The van der Waals surface area contributed by atoms with Gasteiger partial charge < -0.3 is 9.77 Å². The molecule has 3 aromatic rings. The van der Waals surface area contributed by atoms with Gasteiger partial charge in [0.05, 0.1) is 6.33 Å². The van der Waals surface area contributed by atoms with Gasteiger partial charge in [-0.3, -0.25) is 0 Å². The van der Waals surface area contributed by atoms with E-state index in [9.17, 15) is 0 Å². The van der Waals surface area contributed by atoms with Crippen molar-refractivity contribution in [1.82, 2.24) is 9.55 Å². The van der Waals surface area contributed by atoms with E-state index in [0.29, 0.717) is 10.9 Å². The Hall–Kier alpha value is -2.57. The first-order valence-corrected chi connectivity index (χ1v) is 8.91. The van der Waals surface area contributed by atoms with Gasteiger partial charge in [-0.1, -0.05) is 53.5 Å². The highest BCUT2D eigenvalue weighted by atomic mass is 35.5. The number of benzene rings is 2. The van der Waals surface area contributed by atoms with E-state index in [1.54, 1.807) is 0 Å². The molecule has 0 radical (unpaired) electrons. The van der Waals surface area contributed by atoms with E-state index in [4.69, 9.17) is 38.5 Å². The van der Waals surface area contributed by atoms with Crippen molar-refractivity contribution in [2.24, 2.45) is 0 Å². The lowest BCUT2D eigenvalue weighted by molar-refractivity contribution is -0.742. The predicted molar refractivity (Wildman–Crippen MR) is 105 cm³/mol. The molecule has 1 N–H and O–H groups in total. The number of aryl methyl sites for hydroxylation is 1. The van der Waals surface area contributed by atoms with E-state index in [2.05, 4.69) is 40.7 Å². The van der Waals surface area contributed by atoms with Gasteiger partial charge >= 0.3 is 0 Å². The summed E-state index contributed by atoms with van der Waals surface area (Å²) >= 11 is 12.4. The zero-order valence-corrected chi connectivity index (χ0v) is 16.1. The summed E-state index contributed by atoms with van der Waals surface area (Å²) in [4.78, 5) is 12.5. The summed E-state index contributed by atoms with van der Waals surface area (Å²) < 4.78 is 2.11. The van der Waals surface area contributed by atoms with Crippen LogP contribution in [0.1, 0.15) is 22.6 Å². The molecule has 0 spiro atoms. The molecule has 0 aliphatic carbocycles. The first kappa shape index (κ1) is 20.7. The van der Waals surface area contributed by atoms with E-state index in [0.717, 1.165) is 23.6 Å². The van der Waals surface area contributed by atoms with Gasteiger partial charge in [0.1, 0.15) is 0 Å². The van der Waals surface area contributed by atoms with E-state index < -0.39 is 5.09 Å². The summed E-state index contributed by atoms with van der Waals surface area (Å²) in [6.45, 7) is 3.02. The Balaban J connectivity index is 0.000000596. The Bertz CT molecular complexity index is 882. The first-order valence-electron chi connectivity index (χ1n) is 8.15. The average molecular weight is 408 g/mol. The summed E-state index contributed by atoms with van der Waals surface area (Å²) in [5.74, 6) is 0.323. The molecule has 27 heavy (non-hydrogen) atoms. The highest BCUT2D eigenvalue weighted by Gasteiger charge is 2.17. The van der Waals surface area contributed by atoms with Crippen molar-refractivity contribution in [1.29, 1.82) is 0 Å². The Kier molecular flexibility index (Phi) is 7.64. The molecule has 0 amide bonds. The fraction of sp³-hybridized carbons (Fsp3) is 0.211. The van der Waals surface area contributed by atoms with Gasteiger partial charge in [-0.05, 0) is 42.2 Å². The lowest BCUT2D eigenvalue weighted by atomic mass is 9.89. The number of hydrogen-bond donors (Lipinski definition) is 1. The number of imidazole rings is 1. The molecule has 0 fully saturated rings. The maximum Gasteiger partial charge on any atom is 0.291 e.